The minimum Gasteiger partial charge on any atom is -0.388 e. The second-order valence-electron chi connectivity index (χ2n) is 7.48. The normalized spacial score (nSPS) is 17.1. The monoisotopic (exact) mass is 421 g/mol. The van der Waals surface area contributed by atoms with E-state index in [1.807, 2.05) is 0 Å². The number of hydrogen-bond acceptors (Lipinski definition) is 4. The van der Waals surface area contributed by atoms with Gasteiger partial charge in [-0.15, -0.1) is 4.98 Å². The number of hydrogen-bond donors (Lipinski definition) is 1. The number of aromatic nitrogens is 1. The average molecular weight is 422 g/mol. The summed E-state index contributed by atoms with van der Waals surface area (Å²) in [5, 5.41) is 3.13. The molecule has 2 fully saturated rings. The molecule has 2 aliphatic rings. The van der Waals surface area contributed by atoms with Crippen molar-refractivity contribution in [2.24, 2.45) is 0 Å². The molecule has 2 aromatic rings. The molecule has 4 rings (SSSR count). The Hall–Kier alpha value is -3.31. The molecule has 1 aliphatic carbocycles. The molecule has 30 heavy (non-hydrogen) atoms. The fraction of sp³-hybridized carbons (Fsp3) is 0.273. The average Bonchev–Trinajstić information content (AvgIpc) is 2.94. The molecule has 0 unspecified atom stereocenters. The van der Waals surface area contributed by atoms with Crippen LogP contribution in [0.2, 0.25) is 0 Å². The third-order valence-electron chi connectivity index (χ3n) is 5.83. The van der Waals surface area contributed by atoms with Gasteiger partial charge in [0, 0.05) is 24.0 Å². The molecule has 1 saturated heterocycles. The van der Waals surface area contributed by atoms with Crippen LogP contribution in [-0.4, -0.2) is 28.6 Å². The number of thiocarbonyl (C=S) groups is 1. The first-order valence-corrected chi connectivity index (χ1v) is 9.94. The fourth-order valence-electron chi connectivity index (χ4n) is 4.02. The highest BCUT2D eigenvalue weighted by Gasteiger charge is 2.59. The minimum absolute atomic E-state index is 0.139. The summed E-state index contributed by atoms with van der Waals surface area (Å²) in [4.78, 5) is 24.2. The van der Waals surface area contributed by atoms with Crippen molar-refractivity contribution in [3.63, 3.8) is 0 Å². The van der Waals surface area contributed by atoms with Crippen LogP contribution in [0.5, 0.6) is 0 Å². The number of nitrogens with one attached hydrogen (secondary N) is 1. The molecular formula is C22H20FN5OS. The van der Waals surface area contributed by atoms with Gasteiger partial charge in [-0.3, -0.25) is 9.69 Å². The van der Waals surface area contributed by atoms with Gasteiger partial charge in [-0.1, -0.05) is 13.2 Å². The van der Waals surface area contributed by atoms with Crippen molar-refractivity contribution in [3.8, 4) is 0 Å². The van der Waals surface area contributed by atoms with E-state index in [1.165, 1.54) is 17.2 Å². The largest absolute Gasteiger partial charge is 0.388 e. The van der Waals surface area contributed by atoms with Crippen molar-refractivity contribution < 1.29 is 9.18 Å². The van der Waals surface area contributed by atoms with Crippen LogP contribution in [0.3, 0.4) is 0 Å². The van der Waals surface area contributed by atoms with Gasteiger partial charge in [0.25, 0.3) is 11.7 Å². The second-order valence-corrected chi connectivity index (χ2v) is 7.85. The Kier molecular flexibility index (Phi) is 4.79. The van der Waals surface area contributed by atoms with Crippen LogP contribution in [0, 0.1) is 19.3 Å². The van der Waals surface area contributed by atoms with Crippen molar-refractivity contribution in [2.75, 3.05) is 16.8 Å². The SMILES string of the molecule is [C-]#[N+]c1ncc(N2C(=O)C3(CCC3)N(c3ccc(C(=C)NC)c(F)c3)C2=S)cc1C. The molecule has 6 nitrogen and oxygen atoms in total. The number of carbonyl (C=O) groups excluding carboxylic acids is 1. The summed E-state index contributed by atoms with van der Waals surface area (Å²) < 4.78 is 14.8. The fourth-order valence-corrected chi connectivity index (χ4v) is 4.49. The summed E-state index contributed by atoms with van der Waals surface area (Å²) in [5.74, 6) is -0.289. The van der Waals surface area contributed by atoms with Gasteiger partial charge in [-0.05, 0) is 68.2 Å². The molecule has 1 aromatic carbocycles. The lowest BCUT2D eigenvalue weighted by atomic mass is 9.75. The molecule has 2 heterocycles. The lowest BCUT2D eigenvalue weighted by molar-refractivity contribution is -0.123. The molecule has 1 N–H and O–H groups in total. The summed E-state index contributed by atoms with van der Waals surface area (Å²) in [7, 11) is 1.68. The molecule has 0 radical (unpaired) electrons. The van der Waals surface area contributed by atoms with Crippen molar-refractivity contribution in [1.82, 2.24) is 10.3 Å². The summed E-state index contributed by atoms with van der Waals surface area (Å²) in [6.45, 7) is 12.8. The smallest absolute Gasteiger partial charge is 0.272 e. The number of benzene rings is 1. The number of carbonyl (C=O) groups is 1. The molecule has 1 amide bonds. The standard InChI is InChI=1S/C22H20FN5OS/c1-13-10-16(12-26-19(13)25-4)27-20(29)22(8-5-9-22)28(21(27)30)15-6-7-17(14(2)24-3)18(23)11-15/h6-7,10-12,24H,2,5,8-9H2,1,3H3. The van der Waals surface area contributed by atoms with Crippen LogP contribution in [0.15, 0.2) is 37.0 Å². The molecule has 1 spiro atoms. The van der Waals surface area contributed by atoms with Crippen LogP contribution in [0.4, 0.5) is 21.6 Å². The quantitative estimate of drug-likeness (QED) is 0.588. The van der Waals surface area contributed by atoms with E-state index >= 15 is 0 Å². The number of rotatable bonds is 4. The molecule has 0 atom stereocenters. The third-order valence-corrected chi connectivity index (χ3v) is 6.20. The van der Waals surface area contributed by atoms with Gasteiger partial charge in [-0.2, -0.15) is 0 Å². The molecule has 152 valence electrons. The predicted molar refractivity (Wildman–Crippen MR) is 119 cm³/mol. The van der Waals surface area contributed by atoms with Crippen molar-refractivity contribution >= 4 is 46.1 Å². The second kappa shape index (κ2) is 7.18. The Morgan fingerprint density at radius 2 is 2.10 bits per heavy atom. The molecule has 8 heteroatoms. The highest BCUT2D eigenvalue weighted by molar-refractivity contribution is 7.81. The first-order valence-electron chi connectivity index (χ1n) is 9.53. The molecular weight excluding hydrogens is 401 g/mol. The number of nitrogens with zero attached hydrogens (tertiary/aromatic N) is 4. The third kappa shape index (κ3) is 2.77. The van der Waals surface area contributed by atoms with E-state index in [-0.39, 0.29) is 16.8 Å². The molecule has 0 bridgehead atoms. The summed E-state index contributed by atoms with van der Waals surface area (Å²) in [6.07, 6.45) is 3.66. The zero-order chi connectivity index (χ0) is 21.6. The van der Waals surface area contributed by atoms with Crippen LogP contribution in [0.25, 0.3) is 10.5 Å². The van der Waals surface area contributed by atoms with Gasteiger partial charge in [-0.25, -0.2) is 4.39 Å². The number of pyridine rings is 1. The van der Waals surface area contributed by atoms with Crippen molar-refractivity contribution in [3.05, 3.63) is 65.4 Å². The summed E-state index contributed by atoms with van der Waals surface area (Å²) in [5.41, 5.74) is 1.75. The van der Waals surface area contributed by atoms with Gasteiger partial charge in [0.05, 0.1) is 5.69 Å². The Morgan fingerprint density at radius 3 is 2.63 bits per heavy atom. The van der Waals surface area contributed by atoms with Gasteiger partial charge < -0.3 is 15.1 Å². The number of aryl methyl sites for hydroxylation is 1. The first kappa shape index (κ1) is 20.0. The number of amides is 1. The van der Waals surface area contributed by atoms with E-state index in [1.54, 1.807) is 37.1 Å². The Bertz CT molecular complexity index is 1130. The van der Waals surface area contributed by atoms with Crippen LogP contribution >= 0.6 is 12.2 Å². The van der Waals surface area contributed by atoms with E-state index in [9.17, 15) is 9.18 Å². The highest BCUT2D eigenvalue weighted by Crippen LogP contribution is 2.48. The first-order chi connectivity index (χ1) is 14.3. The van der Waals surface area contributed by atoms with Crippen LogP contribution in [0.1, 0.15) is 30.4 Å². The zero-order valence-electron chi connectivity index (χ0n) is 16.7. The topological polar surface area (TPSA) is 52.8 Å². The van der Waals surface area contributed by atoms with Crippen LogP contribution in [-0.2, 0) is 4.79 Å². The Balaban J connectivity index is 1.78. The van der Waals surface area contributed by atoms with Gasteiger partial charge in [0.15, 0.2) is 5.11 Å². The molecule has 1 aromatic heterocycles. The molecule has 1 aliphatic heterocycles. The van der Waals surface area contributed by atoms with Crippen LogP contribution < -0.4 is 15.1 Å². The van der Waals surface area contributed by atoms with Gasteiger partial charge >= 0.3 is 0 Å². The maximum atomic E-state index is 14.8. The van der Waals surface area contributed by atoms with E-state index in [0.717, 1.165) is 6.42 Å². The Morgan fingerprint density at radius 1 is 1.37 bits per heavy atom. The highest BCUT2D eigenvalue weighted by atomic mass is 32.1. The lowest BCUT2D eigenvalue weighted by Crippen LogP contribution is -2.55. The van der Waals surface area contributed by atoms with E-state index < -0.39 is 11.4 Å². The van der Waals surface area contributed by atoms with E-state index in [0.29, 0.717) is 41.0 Å². The van der Waals surface area contributed by atoms with Gasteiger partial charge in [0.2, 0.25) is 0 Å². The summed E-state index contributed by atoms with van der Waals surface area (Å²) in [6, 6.07) is 6.53. The number of anilines is 2. The predicted octanol–water partition coefficient (Wildman–Crippen LogP) is 4.33. The van der Waals surface area contributed by atoms with Crippen molar-refractivity contribution in [1.29, 1.82) is 0 Å². The Labute approximate surface area is 179 Å². The van der Waals surface area contributed by atoms with Gasteiger partial charge in [0.1, 0.15) is 17.6 Å². The van der Waals surface area contributed by atoms with E-state index in [4.69, 9.17) is 18.8 Å². The minimum atomic E-state index is -0.808. The maximum absolute atomic E-state index is 14.8. The zero-order valence-corrected chi connectivity index (χ0v) is 17.5. The number of halogens is 1. The maximum Gasteiger partial charge on any atom is 0.272 e. The summed E-state index contributed by atoms with van der Waals surface area (Å²) >= 11 is 5.70. The molecule has 1 saturated carbocycles. The lowest BCUT2D eigenvalue weighted by Gasteiger charge is -2.43. The van der Waals surface area contributed by atoms with Crippen molar-refractivity contribution in [2.45, 2.75) is 31.7 Å². The van der Waals surface area contributed by atoms with E-state index in [2.05, 4.69) is 21.7 Å².